The molecule has 1 rings (SSSR count). The van der Waals surface area contributed by atoms with Gasteiger partial charge in [-0.2, -0.15) is 0 Å². The second kappa shape index (κ2) is 8.03. The fourth-order valence-electron chi connectivity index (χ4n) is 1.97. The molecule has 1 amide bonds. The average molecular weight is 292 g/mol. The molecule has 0 aliphatic carbocycles. The van der Waals surface area contributed by atoms with Crippen molar-refractivity contribution in [3.63, 3.8) is 0 Å². The first kappa shape index (κ1) is 17.5. The summed E-state index contributed by atoms with van der Waals surface area (Å²) in [6.45, 7) is 10.1. The van der Waals surface area contributed by atoms with E-state index in [1.54, 1.807) is 0 Å². The Hall–Kier alpha value is -1.55. The van der Waals surface area contributed by atoms with Crippen molar-refractivity contribution in [3.8, 4) is 5.75 Å². The van der Waals surface area contributed by atoms with E-state index in [1.165, 1.54) is 5.56 Å². The second-order valence-electron chi connectivity index (χ2n) is 6.38. The van der Waals surface area contributed by atoms with Gasteiger partial charge in [0.05, 0.1) is 6.54 Å². The Morgan fingerprint density at radius 3 is 2.67 bits per heavy atom. The van der Waals surface area contributed by atoms with Gasteiger partial charge in [-0.15, -0.1) is 0 Å². The Morgan fingerprint density at radius 1 is 1.33 bits per heavy atom. The van der Waals surface area contributed by atoms with Crippen molar-refractivity contribution < 1.29 is 9.53 Å². The van der Waals surface area contributed by atoms with Crippen molar-refractivity contribution in [2.45, 2.75) is 33.1 Å². The van der Waals surface area contributed by atoms with Gasteiger partial charge in [0, 0.05) is 12.5 Å². The summed E-state index contributed by atoms with van der Waals surface area (Å²) >= 11 is 0. The molecule has 0 fully saturated rings. The van der Waals surface area contributed by atoms with Crippen molar-refractivity contribution in [2.75, 3.05) is 26.7 Å². The smallest absolute Gasteiger partial charge is 0.224 e. The summed E-state index contributed by atoms with van der Waals surface area (Å²) in [5.74, 6) is 0.871. The third-order valence-electron chi connectivity index (χ3n) is 3.33. The molecule has 4 heteroatoms. The lowest BCUT2D eigenvalue weighted by molar-refractivity contribution is -0.124. The van der Waals surface area contributed by atoms with E-state index in [0.29, 0.717) is 19.7 Å². The van der Waals surface area contributed by atoms with Gasteiger partial charge in [0.2, 0.25) is 5.91 Å². The summed E-state index contributed by atoms with van der Waals surface area (Å²) in [5.41, 5.74) is 1.35. The molecular formula is C17H28N2O2. The van der Waals surface area contributed by atoms with Gasteiger partial charge in [-0.1, -0.05) is 39.8 Å². The zero-order valence-corrected chi connectivity index (χ0v) is 13.8. The normalized spacial score (nSPS) is 12.8. The number of benzene rings is 1. The van der Waals surface area contributed by atoms with Crippen molar-refractivity contribution in [2.24, 2.45) is 5.92 Å². The van der Waals surface area contributed by atoms with Crippen LogP contribution in [0.15, 0.2) is 24.3 Å². The lowest BCUT2D eigenvalue weighted by atomic mass is 9.87. The molecule has 1 aromatic carbocycles. The Kier molecular flexibility index (Phi) is 6.69. The molecule has 0 spiro atoms. The van der Waals surface area contributed by atoms with Crippen LogP contribution < -0.4 is 15.4 Å². The van der Waals surface area contributed by atoms with Gasteiger partial charge >= 0.3 is 0 Å². The van der Waals surface area contributed by atoms with Crippen molar-refractivity contribution in [1.82, 2.24) is 10.6 Å². The summed E-state index contributed by atoms with van der Waals surface area (Å²) in [6, 6.07) is 8.11. The quantitative estimate of drug-likeness (QED) is 0.758. The molecular weight excluding hydrogens is 264 g/mol. The van der Waals surface area contributed by atoms with E-state index in [0.717, 1.165) is 5.75 Å². The Bertz CT molecular complexity index is 452. The van der Waals surface area contributed by atoms with Gasteiger partial charge in [0.15, 0.2) is 0 Å². The number of rotatable bonds is 7. The molecule has 0 saturated heterocycles. The molecule has 2 N–H and O–H groups in total. The van der Waals surface area contributed by atoms with Crippen LogP contribution >= 0.6 is 0 Å². The van der Waals surface area contributed by atoms with Gasteiger partial charge in [-0.25, -0.2) is 0 Å². The maximum Gasteiger partial charge on any atom is 0.224 e. The van der Waals surface area contributed by atoms with Gasteiger partial charge in [0.25, 0.3) is 0 Å². The van der Waals surface area contributed by atoms with Crippen molar-refractivity contribution >= 4 is 5.91 Å². The predicted molar refractivity (Wildman–Crippen MR) is 86.7 cm³/mol. The Labute approximate surface area is 128 Å². The molecule has 118 valence electrons. The molecule has 0 radical (unpaired) electrons. The molecule has 21 heavy (non-hydrogen) atoms. The van der Waals surface area contributed by atoms with Crippen LogP contribution in [0, 0.1) is 5.92 Å². The zero-order chi connectivity index (χ0) is 15.9. The predicted octanol–water partition coefficient (Wildman–Crippen LogP) is 2.33. The van der Waals surface area contributed by atoms with Crippen molar-refractivity contribution in [3.05, 3.63) is 29.8 Å². The first-order chi connectivity index (χ1) is 9.84. The fraction of sp³-hybridized carbons (Fsp3) is 0.588. The highest BCUT2D eigenvalue weighted by Crippen LogP contribution is 2.25. The van der Waals surface area contributed by atoms with Crippen LogP contribution in [0.5, 0.6) is 5.75 Å². The molecule has 1 aromatic rings. The highest BCUT2D eigenvalue weighted by molar-refractivity contribution is 5.78. The van der Waals surface area contributed by atoms with Crippen LogP contribution in [0.3, 0.4) is 0 Å². The SMILES string of the molecule is CNCC(C)C(=O)NCCOc1cccc(C(C)(C)C)c1. The number of nitrogens with one attached hydrogen (secondary N) is 2. The fourth-order valence-corrected chi connectivity index (χ4v) is 1.97. The number of hydrogen-bond donors (Lipinski definition) is 2. The van der Waals surface area contributed by atoms with E-state index in [2.05, 4.69) is 43.5 Å². The maximum atomic E-state index is 11.7. The number of ether oxygens (including phenoxy) is 1. The number of carbonyl (C=O) groups excluding carboxylic acids is 1. The topological polar surface area (TPSA) is 50.4 Å². The Balaban J connectivity index is 2.38. The van der Waals surface area contributed by atoms with Crippen LogP contribution in [0.25, 0.3) is 0 Å². The third-order valence-corrected chi connectivity index (χ3v) is 3.33. The molecule has 0 heterocycles. The van der Waals surface area contributed by atoms with Gasteiger partial charge < -0.3 is 15.4 Å². The van der Waals surface area contributed by atoms with E-state index in [4.69, 9.17) is 4.74 Å². The van der Waals surface area contributed by atoms with Crippen molar-refractivity contribution in [1.29, 1.82) is 0 Å². The van der Waals surface area contributed by atoms with E-state index >= 15 is 0 Å². The van der Waals surface area contributed by atoms with Crippen LogP contribution in [-0.2, 0) is 10.2 Å². The minimum absolute atomic E-state index is 0.0285. The van der Waals surface area contributed by atoms with Crippen LogP contribution in [0.1, 0.15) is 33.3 Å². The molecule has 0 saturated carbocycles. The molecule has 1 atom stereocenters. The minimum Gasteiger partial charge on any atom is -0.492 e. The number of carbonyl (C=O) groups is 1. The van der Waals surface area contributed by atoms with E-state index in [-0.39, 0.29) is 17.2 Å². The summed E-state index contributed by atoms with van der Waals surface area (Å²) in [6.07, 6.45) is 0. The number of amides is 1. The first-order valence-corrected chi connectivity index (χ1v) is 7.50. The largest absolute Gasteiger partial charge is 0.492 e. The van der Waals surface area contributed by atoms with Gasteiger partial charge in [-0.3, -0.25) is 4.79 Å². The Morgan fingerprint density at radius 2 is 2.05 bits per heavy atom. The molecule has 4 nitrogen and oxygen atoms in total. The highest BCUT2D eigenvalue weighted by atomic mass is 16.5. The first-order valence-electron chi connectivity index (χ1n) is 7.50. The second-order valence-corrected chi connectivity index (χ2v) is 6.38. The summed E-state index contributed by atoms with van der Waals surface area (Å²) < 4.78 is 5.70. The van der Waals surface area contributed by atoms with E-state index in [1.807, 2.05) is 26.1 Å². The monoisotopic (exact) mass is 292 g/mol. The molecule has 0 aliphatic heterocycles. The summed E-state index contributed by atoms with van der Waals surface area (Å²) in [7, 11) is 1.84. The molecule has 0 aliphatic rings. The molecule has 1 unspecified atom stereocenters. The molecule has 0 bridgehead atoms. The third kappa shape index (κ3) is 6.17. The molecule has 0 aromatic heterocycles. The standard InChI is InChI=1S/C17H28N2O2/c1-13(12-18-5)16(20)19-9-10-21-15-8-6-7-14(11-15)17(2,3)4/h6-8,11,13,18H,9-10,12H2,1-5H3,(H,19,20). The lowest BCUT2D eigenvalue weighted by Gasteiger charge is -2.20. The highest BCUT2D eigenvalue weighted by Gasteiger charge is 2.14. The van der Waals surface area contributed by atoms with Crippen LogP contribution in [0.4, 0.5) is 0 Å². The van der Waals surface area contributed by atoms with Gasteiger partial charge in [-0.05, 0) is 30.2 Å². The average Bonchev–Trinajstić information content (AvgIpc) is 2.43. The lowest BCUT2D eigenvalue weighted by Crippen LogP contribution is -2.36. The van der Waals surface area contributed by atoms with Crippen LogP contribution in [-0.4, -0.2) is 32.7 Å². The number of hydrogen-bond acceptors (Lipinski definition) is 3. The minimum atomic E-state index is -0.0285. The maximum absolute atomic E-state index is 11.7. The van der Waals surface area contributed by atoms with Crippen LogP contribution in [0.2, 0.25) is 0 Å². The zero-order valence-electron chi connectivity index (χ0n) is 13.8. The van der Waals surface area contributed by atoms with E-state index < -0.39 is 0 Å². The summed E-state index contributed by atoms with van der Waals surface area (Å²) in [5, 5.41) is 5.87. The van der Waals surface area contributed by atoms with Gasteiger partial charge in [0.1, 0.15) is 12.4 Å². The summed E-state index contributed by atoms with van der Waals surface area (Å²) in [4.78, 5) is 11.7. The van der Waals surface area contributed by atoms with E-state index in [9.17, 15) is 4.79 Å².